The lowest BCUT2D eigenvalue weighted by Crippen LogP contribution is -2.25. The van der Waals surface area contributed by atoms with Crippen molar-refractivity contribution in [2.24, 2.45) is 0 Å². The largest absolute Gasteiger partial charge is 0.457 e. The van der Waals surface area contributed by atoms with Crippen LogP contribution in [0.4, 0.5) is 22.7 Å². The van der Waals surface area contributed by atoms with Crippen LogP contribution in [0.15, 0.2) is 261 Å². The maximum atomic E-state index is 9.37. The molecule has 1 aliphatic rings. The number of anilines is 4. The lowest BCUT2D eigenvalue weighted by Gasteiger charge is -2.27. The molecular formula is C70H54N4O. The van der Waals surface area contributed by atoms with E-state index in [0.29, 0.717) is 28.6 Å². The smallest absolute Gasteiger partial charge is 0.137 e. The Bertz CT molecular complexity index is 5010. The number of ether oxygens (including phenoxy) is 1. The van der Waals surface area contributed by atoms with Crippen molar-refractivity contribution in [2.75, 3.05) is 16.5 Å². The molecule has 75 heavy (non-hydrogen) atoms. The van der Waals surface area contributed by atoms with Gasteiger partial charge in [0.1, 0.15) is 24.0 Å². The van der Waals surface area contributed by atoms with Crippen molar-refractivity contribution in [3.8, 4) is 73.0 Å². The molecule has 0 unspecified atom stereocenters. The summed E-state index contributed by atoms with van der Waals surface area (Å²) in [5, 5.41) is 1.81. The van der Waals surface area contributed by atoms with Crippen molar-refractivity contribution in [3.63, 3.8) is 0 Å². The van der Waals surface area contributed by atoms with Gasteiger partial charge in [-0.15, -0.1) is 0 Å². The van der Waals surface area contributed by atoms with Gasteiger partial charge in [0.05, 0.1) is 55.5 Å². The zero-order chi connectivity index (χ0) is 67.9. The summed E-state index contributed by atoms with van der Waals surface area (Å²) >= 11 is 0. The molecule has 0 radical (unpaired) electrons. The van der Waals surface area contributed by atoms with E-state index in [0.717, 1.165) is 27.4 Å². The number of para-hydroxylation sites is 4. The van der Waals surface area contributed by atoms with Gasteiger partial charge >= 0.3 is 0 Å². The summed E-state index contributed by atoms with van der Waals surface area (Å²) in [5.74, 6) is 1.10. The highest BCUT2D eigenvalue weighted by Gasteiger charge is 2.32. The predicted octanol–water partition coefficient (Wildman–Crippen LogP) is 18.9. The quantitative estimate of drug-likeness (QED) is 0.137. The van der Waals surface area contributed by atoms with E-state index in [1.807, 2.05) is 58.0 Å². The lowest BCUT2D eigenvalue weighted by atomic mass is 9.87. The number of nitrogens with zero attached hydrogens (tertiary/aromatic N) is 4. The molecule has 0 aliphatic carbocycles. The van der Waals surface area contributed by atoms with Gasteiger partial charge < -0.3 is 14.5 Å². The molecule has 0 atom stereocenters. The topological polar surface area (TPSA) is 33.5 Å². The van der Waals surface area contributed by atoms with Crippen LogP contribution in [0.2, 0.25) is 0 Å². The van der Waals surface area contributed by atoms with Gasteiger partial charge in [-0.05, 0) is 110 Å². The van der Waals surface area contributed by atoms with E-state index in [1.165, 1.54) is 36.4 Å². The Morgan fingerprint density at radius 3 is 1.59 bits per heavy atom. The van der Waals surface area contributed by atoms with E-state index in [-0.39, 0.29) is 79.2 Å². The van der Waals surface area contributed by atoms with Crippen molar-refractivity contribution in [3.05, 3.63) is 266 Å². The monoisotopic (exact) mass is 987 g/mol. The van der Waals surface area contributed by atoms with Gasteiger partial charge in [-0.25, -0.2) is 4.98 Å². The molecule has 2 aromatic heterocycles. The van der Waals surface area contributed by atoms with Crippen LogP contribution in [0.5, 0.6) is 11.5 Å². The molecule has 0 fully saturated rings. The van der Waals surface area contributed by atoms with Gasteiger partial charge in [-0.3, -0.25) is 4.57 Å². The SMILES string of the molecule is [2H]c1c([2H])c([2H])c(-c2cccc(-c3c([2H])c([2H])c([2H])c([2H])c3[2H])c2-c2cc(Oc3ccc4c5ccccc5n(-c5cc(C(C)(C)C)ccn5)c4c3)cc(N3CN(c4c(-c5c([2H])c([2H])c([2H])c([2H])c5[2H])cccc4-c4c([2H])c([2H])c([2H])c([2H])c4[2H])c4ccccc43)c2)c([2H])c1[2H]. The normalized spacial score (nSPS) is 16.1. The number of rotatable bonds is 10. The van der Waals surface area contributed by atoms with Crippen molar-refractivity contribution < 1.29 is 32.2 Å². The highest BCUT2D eigenvalue weighted by Crippen LogP contribution is 2.52. The highest BCUT2D eigenvalue weighted by atomic mass is 16.5. The Kier molecular flexibility index (Phi) is 7.22. The molecule has 1 aliphatic heterocycles. The lowest BCUT2D eigenvalue weighted by molar-refractivity contribution is 0.483. The Morgan fingerprint density at radius 2 is 0.987 bits per heavy atom. The van der Waals surface area contributed by atoms with Gasteiger partial charge in [-0.2, -0.15) is 0 Å². The molecular weight excluding hydrogens is 913 g/mol. The maximum absolute atomic E-state index is 9.37. The summed E-state index contributed by atoms with van der Waals surface area (Å²) in [7, 11) is 0. The molecule has 360 valence electrons. The highest BCUT2D eigenvalue weighted by molar-refractivity contribution is 6.09. The van der Waals surface area contributed by atoms with Crippen LogP contribution < -0.4 is 14.5 Å². The summed E-state index contributed by atoms with van der Waals surface area (Å²) in [6, 6.07) is 26.2. The number of hydrogen-bond donors (Lipinski definition) is 0. The van der Waals surface area contributed by atoms with Crippen LogP contribution in [0.3, 0.4) is 0 Å². The Labute approximate surface area is 466 Å². The molecule has 0 amide bonds. The van der Waals surface area contributed by atoms with Crippen LogP contribution in [-0.4, -0.2) is 16.2 Å². The molecule has 0 saturated carbocycles. The number of fused-ring (bicyclic) bond motifs is 4. The van der Waals surface area contributed by atoms with Gasteiger partial charge in [0, 0.05) is 45.9 Å². The fourth-order valence-electron chi connectivity index (χ4n) is 10.0. The van der Waals surface area contributed by atoms with E-state index < -0.39 is 121 Å². The van der Waals surface area contributed by atoms with E-state index in [2.05, 4.69) is 20.8 Å². The van der Waals surface area contributed by atoms with Crippen molar-refractivity contribution >= 4 is 44.6 Å². The third-order valence-electron chi connectivity index (χ3n) is 13.4. The summed E-state index contributed by atoms with van der Waals surface area (Å²) in [6.07, 6.45) is 1.77. The van der Waals surface area contributed by atoms with E-state index in [9.17, 15) is 11.0 Å². The minimum atomic E-state index is -0.668. The minimum absolute atomic E-state index is 0.0181. The fraction of sp³-hybridized carbons (Fsp3) is 0.0714. The second-order valence-electron chi connectivity index (χ2n) is 18.9. The number of aromatic nitrogens is 2. The number of hydrogen-bond acceptors (Lipinski definition) is 4. The molecule has 3 heterocycles. The minimum Gasteiger partial charge on any atom is -0.457 e. The molecule has 0 spiro atoms. The van der Waals surface area contributed by atoms with E-state index in [1.54, 1.807) is 59.6 Å². The first-order chi connectivity index (χ1) is 45.1. The average molecular weight is 987 g/mol. The van der Waals surface area contributed by atoms with Gasteiger partial charge in [0.2, 0.25) is 0 Å². The summed E-state index contributed by atoms with van der Waals surface area (Å²) in [6.45, 7) is 6.13. The standard InChI is InChI=1S/C70H54N4O/c1-70(2,3)53-40-41-71-67(44-53)74-63-35-17-16-30-61(63)62-39-38-55(46-66(62)74)75-56-43-52(68-57(48-22-8-4-9-23-48)31-20-32-58(68)49-24-10-5-11-25-49)42-54(45-56)72-47-73(65-37-19-18-36-64(65)72)69-59(50-26-12-6-13-27-50)33-21-34-60(69)51-28-14-7-15-29-51/h4-46H,47H2,1-3H3/i4D,5D,6D,7D,8D,9D,10D,11D,12D,13D,14D,15D,22D,23D,24D,25D,26D,27D,28D,29D. The number of benzene rings is 10. The first-order valence-corrected chi connectivity index (χ1v) is 24.1. The Balaban J connectivity index is 1.11. The molecule has 13 rings (SSSR count). The Hall–Kier alpha value is -9.45. The maximum Gasteiger partial charge on any atom is 0.137 e. The van der Waals surface area contributed by atoms with Gasteiger partial charge in [-0.1, -0.05) is 208 Å². The third kappa shape index (κ3) is 8.38. The van der Waals surface area contributed by atoms with Crippen LogP contribution in [0.25, 0.3) is 83.3 Å². The van der Waals surface area contributed by atoms with E-state index in [4.69, 9.17) is 26.2 Å². The third-order valence-corrected chi connectivity index (χ3v) is 13.4. The van der Waals surface area contributed by atoms with Crippen LogP contribution in [-0.2, 0) is 5.41 Å². The average Bonchev–Trinajstić information content (AvgIpc) is 1.73. The second-order valence-corrected chi connectivity index (χ2v) is 18.9. The predicted molar refractivity (Wildman–Crippen MR) is 313 cm³/mol. The zero-order valence-corrected chi connectivity index (χ0v) is 40.7. The van der Waals surface area contributed by atoms with Crippen LogP contribution >= 0.6 is 0 Å². The molecule has 12 aromatic rings. The molecule has 0 N–H and O–H groups in total. The zero-order valence-electron chi connectivity index (χ0n) is 60.7. The van der Waals surface area contributed by atoms with Crippen molar-refractivity contribution in [2.45, 2.75) is 26.2 Å². The molecule has 0 saturated heterocycles. The first-order valence-electron chi connectivity index (χ1n) is 34.1. The van der Waals surface area contributed by atoms with Crippen molar-refractivity contribution in [1.82, 2.24) is 9.55 Å². The Morgan fingerprint density at radius 1 is 0.453 bits per heavy atom. The van der Waals surface area contributed by atoms with Gasteiger partial charge in [0.25, 0.3) is 0 Å². The second kappa shape index (κ2) is 18.9. The van der Waals surface area contributed by atoms with Crippen LogP contribution in [0.1, 0.15) is 53.7 Å². The van der Waals surface area contributed by atoms with Crippen molar-refractivity contribution in [1.29, 1.82) is 0 Å². The summed E-state index contributed by atoms with van der Waals surface area (Å²) < 4.78 is 189. The van der Waals surface area contributed by atoms with E-state index >= 15 is 0 Å². The molecule has 5 nitrogen and oxygen atoms in total. The van der Waals surface area contributed by atoms with Gasteiger partial charge in [0.15, 0.2) is 0 Å². The summed E-state index contributed by atoms with van der Waals surface area (Å²) in [4.78, 5) is 8.44. The molecule has 5 heteroatoms. The number of pyridine rings is 1. The fourth-order valence-corrected chi connectivity index (χ4v) is 10.0. The first kappa shape index (κ1) is 28.7. The van der Waals surface area contributed by atoms with Crippen LogP contribution in [0, 0.1) is 0 Å². The summed E-state index contributed by atoms with van der Waals surface area (Å²) in [5.41, 5.74) is 3.08. The molecule has 0 bridgehead atoms. The molecule has 10 aromatic carbocycles.